The number of aryl methyl sites for hydroxylation is 1. The van der Waals surface area contributed by atoms with Crippen LogP contribution in [0.2, 0.25) is 0 Å². The van der Waals surface area contributed by atoms with Crippen molar-refractivity contribution in [3.63, 3.8) is 0 Å². The molecule has 0 radical (unpaired) electrons. The molecule has 0 fully saturated rings. The molecule has 0 unspecified atom stereocenters. The first-order valence-corrected chi connectivity index (χ1v) is 5.89. The first-order chi connectivity index (χ1) is 8.56. The van der Waals surface area contributed by atoms with Crippen LogP contribution in [0.1, 0.15) is 41.7 Å². The van der Waals surface area contributed by atoms with Gasteiger partial charge in [-0.05, 0) is 23.6 Å². The number of aromatic nitrogens is 1. The quantitative estimate of drug-likeness (QED) is 0.900. The van der Waals surface area contributed by atoms with Gasteiger partial charge in [-0.25, -0.2) is 4.98 Å². The van der Waals surface area contributed by atoms with Crippen molar-refractivity contribution in [1.29, 1.82) is 0 Å². The lowest BCUT2D eigenvalue weighted by molar-refractivity contribution is 0.102. The highest BCUT2D eigenvalue weighted by Crippen LogP contribution is 2.17. The Kier molecular flexibility index (Phi) is 3.46. The maximum Gasteiger partial charge on any atom is 0.277 e. The van der Waals surface area contributed by atoms with Crippen molar-refractivity contribution in [1.82, 2.24) is 4.98 Å². The van der Waals surface area contributed by atoms with Crippen molar-refractivity contribution in [2.24, 2.45) is 0 Å². The lowest BCUT2D eigenvalue weighted by Gasteiger charge is -2.07. The van der Waals surface area contributed by atoms with Crippen molar-refractivity contribution in [2.75, 3.05) is 5.32 Å². The summed E-state index contributed by atoms with van der Waals surface area (Å²) >= 11 is 0. The van der Waals surface area contributed by atoms with Gasteiger partial charge in [0.05, 0.1) is 0 Å². The summed E-state index contributed by atoms with van der Waals surface area (Å²) in [7, 11) is 0. The fourth-order valence-electron chi connectivity index (χ4n) is 1.61. The van der Waals surface area contributed by atoms with Crippen molar-refractivity contribution in [2.45, 2.75) is 26.7 Å². The van der Waals surface area contributed by atoms with E-state index in [-0.39, 0.29) is 5.91 Å². The third kappa shape index (κ3) is 2.77. The van der Waals surface area contributed by atoms with Crippen molar-refractivity contribution in [3.8, 4) is 0 Å². The third-order valence-corrected chi connectivity index (χ3v) is 2.69. The van der Waals surface area contributed by atoms with Crippen LogP contribution < -0.4 is 5.32 Å². The number of rotatable bonds is 3. The summed E-state index contributed by atoms with van der Waals surface area (Å²) in [5.41, 5.74) is 2.29. The van der Waals surface area contributed by atoms with E-state index in [1.54, 1.807) is 6.92 Å². The average Bonchev–Trinajstić information content (AvgIpc) is 2.76. The SMILES string of the molecule is Cc1nc(C(=O)Nc2ccc(C(C)C)cc2)co1. The molecule has 1 heterocycles. The maximum absolute atomic E-state index is 11.8. The van der Waals surface area contributed by atoms with Gasteiger partial charge in [0, 0.05) is 12.6 Å². The zero-order valence-corrected chi connectivity index (χ0v) is 10.7. The van der Waals surface area contributed by atoms with Crippen molar-refractivity contribution >= 4 is 11.6 Å². The first-order valence-electron chi connectivity index (χ1n) is 5.89. The van der Waals surface area contributed by atoms with Gasteiger partial charge >= 0.3 is 0 Å². The molecule has 94 valence electrons. The Hall–Kier alpha value is -2.10. The molecule has 0 bridgehead atoms. The molecular weight excluding hydrogens is 228 g/mol. The van der Waals surface area contributed by atoms with Gasteiger partial charge in [0.15, 0.2) is 11.6 Å². The van der Waals surface area contributed by atoms with E-state index in [9.17, 15) is 4.79 Å². The number of hydrogen-bond donors (Lipinski definition) is 1. The van der Waals surface area contributed by atoms with E-state index in [2.05, 4.69) is 24.1 Å². The standard InChI is InChI=1S/C14H16N2O2/c1-9(2)11-4-6-12(7-5-11)16-14(17)13-8-18-10(3)15-13/h4-9H,1-3H3,(H,16,17). The van der Waals surface area contributed by atoms with Gasteiger partial charge in [0.25, 0.3) is 5.91 Å². The highest BCUT2D eigenvalue weighted by atomic mass is 16.3. The summed E-state index contributed by atoms with van der Waals surface area (Å²) in [4.78, 5) is 15.8. The Morgan fingerprint density at radius 3 is 2.44 bits per heavy atom. The van der Waals surface area contributed by atoms with Crippen LogP contribution in [-0.4, -0.2) is 10.9 Å². The normalized spacial score (nSPS) is 10.7. The van der Waals surface area contributed by atoms with Crippen LogP contribution in [0.5, 0.6) is 0 Å². The number of hydrogen-bond acceptors (Lipinski definition) is 3. The molecule has 1 aromatic carbocycles. The van der Waals surface area contributed by atoms with E-state index >= 15 is 0 Å². The Balaban J connectivity index is 2.07. The topological polar surface area (TPSA) is 55.1 Å². The van der Waals surface area contributed by atoms with Gasteiger partial charge < -0.3 is 9.73 Å². The minimum atomic E-state index is -0.260. The smallest absolute Gasteiger partial charge is 0.277 e. The molecular formula is C14H16N2O2. The number of nitrogens with one attached hydrogen (secondary N) is 1. The van der Waals surface area contributed by atoms with Gasteiger partial charge in [-0.2, -0.15) is 0 Å². The number of carbonyl (C=O) groups is 1. The van der Waals surface area contributed by atoms with Gasteiger partial charge in [-0.3, -0.25) is 4.79 Å². The second-order valence-electron chi connectivity index (χ2n) is 4.48. The number of nitrogens with zero attached hydrogens (tertiary/aromatic N) is 1. The summed E-state index contributed by atoms with van der Waals surface area (Å²) in [6.45, 7) is 5.96. The molecule has 1 amide bonds. The minimum absolute atomic E-state index is 0.260. The second kappa shape index (κ2) is 5.04. The van der Waals surface area contributed by atoms with Gasteiger partial charge in [0.2, 0.25) is 0 Å². The van der Waals surface area contributed by atoms with E-state index in [0.717, 1.165) is 5.69 Å². The van der Waals surface area contributed by atoms with E-state index in [1.807, 2.05) is 24.3 Å². The molecule has 0 aliphatic rings. The number of anilines is 1. The molecule has 0 saturated carbocycles. The summed E-state index contributed by atoms with van der Waals surface area (Å²) in [6, 6.07) is 7.79. The Bertz CT molecular complexity index is 541. The third-order valence-electron chi connectivity index (χ3n) is 2.69. The van der Waals surface area contributed by atoms with Crippen molar-refractivity contribution in [3.05, 3.63) is 47.7 Å². The number of amides is 1. The van der Waals surface area contributed by atoms with Gasteiger partial charge in [-0.15, -0.1) is 0 Å². The second-order valence-corrected chi connectivity index (χ2v) is 4.48. The molecule has 0 aliphatic heterocycles. The van der Waals surface area contributed by atoms with Gasteiger partial charge in [-0.1, -0.05) is 26.0 Å². The van der Waals surface area contributed by atoms with E-state index < -0.39 is 0 Å². The maximum atomic E-state index is 11.8. The number of oxazole rings is 1. The van der Waals surface area contributed by atoms with Crippen LogP contribution in [0.3, 0.4) is 0 Å². The molecule has 4 heteroatoms. The van der Waals surface area contributed by atoms with E-state index in [1.165, 1.54) is 11.8 Å². The molecule has 2 rings (SSSR count). The first kappa shape index (κ1) is 12.4. The van der Waals surface area contributed by atoms with Crippen LogP contribution in [0.25, 0.3) is 0 Å². The van der Waals surface area contributed by atoms with Crippen LogP contribution in [0, 0.1) is 6.92 Å². The molecule has 0 spiro atoms. The summed E-state index contributed by atoms with van der Waals surface area (Å²) in [5.74, 6) is 0.701. The van der Waals surface area contributed by atoms with E-state index in [4.69, 9.17) is 4.42 Å². The largest absolute Gasteiger partial charge is 0.448 e. The Morgan fingerprint density at radius 1 is 1.28 bits per heavy atom. The fraction of sp³-hybridized carbons (Fsp3) is 0.286. The Labute approximate surface area is 106 Å². The fourth-order valence-corrected chi connectivity index (χ4v) is 1.61. The lowest BCUT2D eigenvalue weighted by Crippen LogP contribution is -2.12. The van der Waals surface area contributed by atoms with Crippen LogP contribution in [-0.2, 0) is 0 Å². The van der Waals surface area contributed by atoms with E-state index in [0.29, 0.717) is 17.5 Å². The Morgan fingerprint density at radius 2 is 1.94 bits per heavy atom. The molecule has 0 aliphatic carbocycles. The lowest BCUT2D eigenvalue weighted by atomic mass is 10.0. The zero-order valence-electron chi connectivity index (χ0n) is 10.7. The van der Waals surface area contributed by atoms with Gasteiger partial charge in [0.1, 0.15) is 6.26 Å². The molecule has 2 aromatic rings. The molecule has 1 N–H and O–H groups in total. The number of benzene rings is 1. The summed E-state index contributed by atoms with van der Waals surface area (Å²) < 4.78 is 5.00. The molecule has 18 heavy (non-hydrogen) atoms. The monoisotopic (exact) mass is 244 g/mol. The van der Waals surface area contributed by atoms with Crippen LogP contribution >= 0.6 is 0 Å². The predicted octanol–water partition coefficient (Wildman–Crippen LogP) is 3.36. The summed E-state index contributed by atoms with van der Waals surface area (Å²) in [6.07, 6.45) is 1.35. The highest BCUT2D eigenvalue weighted by Gasteiger charge is 2.10. The predicted molar refractivity (Wildman–Crippen MR) is 69.7 cm³/mol. The van der Waals surface area contributed by atoms with Crippen LogP contribution in [0.15, 0.2) is 34.9 Å². The molecule has 1 aromatic heterocycles. The number of carbonyl (C=O) groups excluding carboxylic acids is 1. The zero-order chi connectivity index (χ0) is 13.1. The summed E-state index contributed by atoms with van der Waals surface area (Å²) in [5, 5.41) is 2.78. The highest BCUT2D eigenvalue weighted by molar-refractivity contribution is 6.02. The molecule has 0 saturated heterocycles. The van der Waals surface area contributed by atoms with Crippen LogP contribution in [0.4, 0.5) is 5.69 Å². The molecule has 4 nitrogen and oxygen atoms in total. The average molecular weight is 244 g/mol. The minimum Gasteiger partial charge on any atom is -0.448 e. The van der Waals surface area contributed by atoms with Crippen molar-refractivity contribution < 1.29 is 9.21 Å². The molecule has 0 atom stereocenters.